The van der Waals surface area contributed by atoms with Crippen LogP contribution >= 0.6 is 0 Å². The van der Waals surface area contributed by atoms with Gasteiger partial charge in [-0.05, 0) is 6.92 Å². The van der Waals surface area contributed by atoms with Crippen LogP contribution in [0.15, 0.2) is 0 Å². The van der Waals surface area contributed by atoms with Crippen LogP contribution in [0.3, 0.4) is 0 Å². The van der Waals surface area contributed by atoms with Gasteiger partial charge >= 0.3 is 0 Å². The highest BCUT2D eigenvalue weighted by atomic mass is 16.6. The Balaban J connectivity index is 2.10. The summed E-state index contributed by atoms with van der Waals surface area (Å²) in [7, 11) is 0. The summed E-state index contributed by atoms with van der Waals surface area (Å²) in [4.78, 5) is 0. The van der Waals surface area contributed by atoms with Gasteiger partial charge in [-0.3, -0.25) is 0 Å². The predicted octanol–water partition coefficient (Wildman–Crippen LogP) is 0.0131. The van der Waals surface area contributed by atoms with E-state index in [4.69, 9.17) is 15.9 Å². The van der Waals surface area contributed by atoms with Gasteiger partial charge in [0.1, 0.15) is 0 Å². The molecule has 1 rings (SSSR count). The third kappa shape index (κ3) is 3.22. The molecule has 2 unspecified atom stereocenters. The lowest BCUT2D eigenvalue weighted by Crippen LogP contribution is -2.40. The fraction of sp³-hybridized carbons (Fsp3) is 0.778. The zero-order chi connectivity index (χ0) is 8.81. The molecule has 1 aliphatic rings. The Morgan fingerprint density at radius 3 is 3.08 bits per heavy atom. The van der Waals surface area contributed by atoms with Crippen molar-refractivity contribution >= 4 is 0 Å². The van der Waals surface area contributed by atoms with Gasteiger partial charge in [0.2, 0.25) is 0 Å². The third-order valence-corrected chi connectivity index (χ3v) is 1.79. The minimum Gasteiger partial charge on any atom is -0.376 e. The first-order valence-corrected chi connectivity index (χ1v) is 4.22. The molecule has 0 radical (unpaired) electrons. The maximum Gasteiger partial charge on any atom is 0.0934 e. The van der Waals surface area contributed by atoms with E-state index in [1.807, 2.05) is 6.92 Å². The summed E-state index contributed by atoms with van der Waals surface area (Å²) in [6, 6.07) is 0.107. The Morgan fingerprint density at radius 2 is 2.50 bits per heavy atom. The zero-order valence-electron chi connectivity index (χ0n) is 7.38. The lowest BCUT2D eigenvalue weighted by molar-refractivity contribution is -0.0865. The number of nitrogens with one attached hydrogen (secondary N) is 1. The van der Waals surface area contributed by atoms with Crippen molar-refractivity contribution in [2.45, 2.75) is 19.1 Å². The standard InChI is InChI=1S/C9H15NO2/c1-3-8(2)10-6-9-7-11-4-5-12-9/h1,8-10H,4-7H2,2H3. The summed E-state index contributed by atoms with van der Waals surface area (Å²) in [6.45, 7) is 4.79. The number of ether oxygens (including phenoxy) is 2. The van der Waals surface area contributed by atoms with Crippen molar-refractivity contribution in [2.24, 2.45) is 0 Å². The van der Waals surface area contributed by atoms with Gasteiger partial charge in [-0.1, -0.05) is 5.92 Å². The van der Waals surface area contributed by atoms with Gasteiger partial charge < -0.3 is 14.8 Å². The van der Waals surface area contributed by atoms with Gasteiger partial charge in [0.05, 0.1) is 32.0 Å². The van der Waals surface area contributed by atoms with Crippen molar-refractivity contribution in [3.05, 3.63) is 0 Å². The Morgan fingerprint density at radius 1 is 1.67 bits per heavy atom. The number of terminal acetylenes is 1. The van der Waals surface area contributed by atoms with Crippen molar-refractivity contribution in [3.8, 4) is 12.3 Å². The lowest BCUT2D eigenvalue weighted by Gasteiger charge is -2.23. The Bertz CT molecular complexity index is 158. The van der Waals surface area contributed by atoms with Crippen LogP contribution in [0.5, 0.6) is 0 Å². The van der Waals surface area contributed by atoms with E-state index in [2.05, 4.69) is 11.2 Å². The molecule has 0 saturated carbocycles. The summed E-state index contributed by atoms with van der Waals surface area (Å²) < 4.78 is 10.6. The fourth-order valence-electron chi connectivity index (χ4n) is 1.02. The molecule has 3 nitrogen and oxygen atoms in total. The molecule has 1 heterocycles. The molecular weight excluding hydrogens is 154 g/mol. The highest BCUT2D eigenvalue weighted by molar-refractivity contribution is 4.95. The topological polar surface area (TPSA) is 30.5 Å². The quantitative estimate of drug-likeness (QED) is 0.604. The monoisotopic (exact) mass is 169 g/mol. The van der Waals surface area contributed by atoms with Gasteiger partial charge in [-0.2, -0.15) is 0 Å². The van der Waals surface area contributed by atoms with E-state index < -0.39 is 0 Å². The zero-order valence-corrected chi connectivity index (χ0v) is 7.38. The van der Waals surface area contributed by atoms with E-state index in [9.17, 15) is 0 Å². The molecule has 12 heavy (non-hydrogen) atoms. The van der Waals surface area contributed by atoms with Crippen LogP contribution in [0.1, 0.15) is 6.92 Å². The Hall–Kier alpha value is -0.560. The summed E-state index contributed by atoms with van der Waals surface area (Å²) in [6.07, 6.45) is 5.36. The molecule has 0 spiro atoms. The van der Waals surface area contributed by atoms with Gasteiger partial charge in [0.15, 0.2) is 0 Å². The van der Waals surface area contributed by atoms with Crippen molar-refractivity contribution in [1.29, 1.82) is 0 Å². The predicted molar refractivity (Wildman–Crippen MR) is 46.9 cm³/mol. The number of hydrogen-bond acceptors (Lipinski definition) is 3. The van der Waals surface area contributed by atoms with Gasteiger partial charge in [-0.15, -0.1) is 6.42 Å². The molecule has 0 aromatic carbocycles. The van der Waals surface area contributed by atoms with E-state index in [1.165, 1.54) is 0 Å². The Kier molecular flexibility index (Phi) is 4.09. The Labute approximate surface area is 73.4 Å². The molecule has 1 aliphatic heterocycles. The van der Waals surface area contributed by atoms with E-state index in [0.29, 0.717) is 19.8 Å². The average molecular weight is 169 g/mol. The molecule has 0 amide bonds. The minimum absolute atomic E-state index is 0.107. The summed E-state index contributed by atoms with van der Waals surface area (Å²) in [5.74, 6) is 2.60. The normalized spacial score (nSPS) is 26.2. The molecule has 0 aromatic heterocycles. The van der Waals surface area contributed by atoms with Crippen LogP contribution in [0.25, 0.3) is 0 Å². The smallest absolute Gasteiger partial charge is 0.0934 e. The second-order valence-corrected chi connectivity index (χ2v) is 2.86. The SMILES string of the molecule is C#CC(C)NCC1COCCO1. The van der Waals surface area contributed by atoms with E-state index in [1.54, 1.807) is 0 Å². The summed E-state index contributed by atoms with van der Waals surface area (Å²) in [5.41, 5.74) is 0. The van der Waals surface area contributed by atoms with Crippen LogP contribution in [0.4, 0.5) is 0 Å². The van der Waals surface area contributed by atoms with Crippen molar-refractivity contribution in [1.82, 2.24) is 5.32 Å². The lowest BCUT2D eigenvalue weighted by atomic mass is 10.3. The van der Waals surface area contributed by atoms with Gasteiger partial charge in [0.25, 0.3) is 0 Å². The highest BCUT2D eigenvalue weighted by Gasteiger charge is 2.13. The van der Waals surface area contributed by atoms with E-state index in [-0.39, 0.29) is 12.1 Å². The van der Waals surface area contributed by atoms with Crippen molar-refractivity contribution in [2.75, 3.05) is 26.4 Å². The van der Waals surface area contributed by atoms with E-state index >= 15 is 0 Å². The van der Waals surface area contributed by atoms with Crippen molar-refractivity contribution < 1.29 is 9.47 Å². The van der Waals surface area contributed by atoms with Crippen LogP contribution < -0.4 is 5.32 Å². The second kappa shape index (κ2) is 5.15. The fourth-order valence-corrected chi connectivity index (χ4v) is 1.02. The first-order chi connectivity index (χ1) is 5.83. The first-order valence-electron chi connectivity index (χ1n) is 4.22. The molecule has 1 saturated heterocycles. The molecule has 0 aromatic rings. The molecule has 1 fully saturated rings. The largest absolute Gasteiger partial charge is 0.376 e. The third-order valence-electron chi connectivity index (χ3n) is 1.79. The van der Waals surface area contributed by atoms with Crippen LogP contribution in [-0.4, -0.2) is 38.5 Å². The van der Waals surface area contributed by atoms with Crippen LogP contribution in [0.2, 0.25) is 0 Å². The molecule has 0 aliphatic carbocycles. The molecule has 1 N–H and O–H groups in total. The molecular formula is C9H15NO2. The average Bonchev–Trinajstić information content (AvgIpc) is 2.16. The van der Waals surface area contributed by atoms with Gasteiger partial charge in [0, 0.05) is 6.54 Å². The molecule has 0 bridgehead atoms. The number of hydrogen-bond donors (Lipinski definition) is 1. The van der Waals surface area contributed by atoms with Gasteiger partial charge in [-0.25, -0.2) is 0 Å². The maximum absolute atomic E-state index is 5.42. The summed E-state index contributed by atoms with van der Waals surface area (Å²) in [5, 5.41) is 3.16. The molecule has 68 valence electrons. The minimum atomic E-state index is 0.107. The number of rotatable bonds is 3. The second-order valence-electron chi connectivity index (χ2n) is 2.86. The molecule has 3 heteroatoms. The van der Waals surface area contributed by atoms with Crippen LogP contribution in [0, 0.1) is 12.3 Å². The maximum atomic E-state index is 5.42. The summed E-state index contributed by atoms with van der Waals surface area (Å²) >= 11 is 0. The van der Waals surface area contributed by atoms with Crippen LogP contribution in [-0.2, 0) is 9.47 Å². The highest BCUT2D eigenvalue weighted by Crippen LogP contribution is 1.98. The first kappa shape index (κ1) is 9.53. The van der Waals surface area contributed by atoms with Crippen molar-refractivity contribution in [3.63, 3.8) is 0 Å². The molecule has 2 atom stereocenters. The van der Waals surface area contributed by atoms with E-state index in [0.717, 1.165) is 6.54 Å².